The van der Waals surface area contributed by atoms with Gasteiger partial charge in [-0.05, 0) is 109 Å². The van der Waals surface area contributed by atoms with Crippen LogP contribution in [-0.2, 0) is 5.41 Å². The second kappa shape index (κ2) is 9.57. The van der Waals surface area contributed by atoms with Crippen molar-refractivity contribution in [3.05, 3.63) is 186 Å². The molecular weight excluding hydrogens is 571 g/mol. The highest BCUT2D eigenvalue weighted by atomic mass is 14.7. The maximum absolute atomic E-state index is 7.61. The summed E-state index contributed by atoms with van der Waals surface area (Å²) in [6, 6.07) is 48.2. The highest BCUT2D eigenvalue weighted by Crippen LogP contribution is 2.63. The second-order valence-corrected chi connectivity index (χ2v) is 12.4. The van der Waals surface area contributed by atoms with Gasteiger partial charge in [0, 0.05) is 29.4 Å². The van der Waals surface area contributed by atoms with E-state index in [0.29, 0.717) is 5.69 Å². The van der Waals surface area contributed by atoms with Gasteiger partial charge in [0.05, 0.1) is 17.5 Å². The van der Waals surface area contributed by atoms with Crippen LogP contribution < -0.4 is 0 Å². The first kappa shape index (κ1) is 25.9. The van der Waals surface area contributed by atoms with E-state index < -0.39 is 5.41 Å². The number of benzene rings is 6. The van der Waals surface area contributed by atoms with Gasteiger partial charge in [-0.25, -0.2) is 4.85 Å². The summed E-state index contributed by atoms with van der Waals surface area (Å²) in [6.07, 6.45) is 5.66. The normalized spacial score (nSPS) is 13.3. The Hall–Kier alpha value is -6.37. The summed E-state index contributed by atoms with van der Waals surface area (Å²) in [4.78, 5) is 12.9. The van der Waals surface area contributed by atoms with Crippen molar-refractivity contribution in [1.82, 2.24) is 9.97 Å². The minimum Gasteiger partial charge on any atom is -0.264 e. The zero-order valence-corrected chi connectivity index (χ0v) is 25.3. The topological polar surface area (TPSA) is 30.1 Å². The summed E-state index contributed by atoms with van der Waals surface area (Å²) < 4.78 is 0. The summed E-state index contributed by atoms with van der Waals surface area (Å²) in [7, 11) is 0. The third-order valence-electron chi connectivity index (χ3n) is 10.2. The van der Waals surface area contributed by atoms with Crippen LogP contribution in [0.2, 0.25) is 0 Å². The molecule has 2 heterocycles. The standard InChI is InChI=1S/C44H25N3/c1-45-31-10-6-8-27(22-31)28-15-17-35-36-18-16-29(37-23-30-9-7-20-47-43(30)38-26-46-21-19-32(37)38)25-42(36)44(41(35)24-28)39-13-4-2-11-33(39)34-12-3-5-14-40(34)44/h2-26H. The molecule has 2 aromatic heterocycles. The van der Waals surface area contributed by atoms with Crippen molar-refractivity contribution in [3.8, 4) is 44.5 Å². The van der Waals surface area contributed by atoms with Gasteiger partial charge < -0.3 is 0 Å². The Morgan fingerprint density at radius 2 is 1.17 bits per heavy atom. The van der Waals surface area contributed by atoms with Gasteiger partial charge in [0.2, 0.25) is 0 Å². The minimum atomic E-state index is -0.489. The van der Waals surface area contributed by atoms with Gasteiger partial charge in [-0.3, -0.25) is 9.97 Å². The second-order valence-electron chi connectivity index (χ2n) is 12.4. The Bertz CT molecular complexity index is 2610. The fraction of sp³-hybridized carbons (Fsp3) is 0.0227. The maximum Gasteiger partial charge on any atom is 0.187 e. The molecule has 2 aliphatic rings. The van der Waals surface area contributed by atoms with E-state index in [1.54, 1.807) is 0 Å². The largest absolute Gasteiger partial charge is 0.264 e. The molecule has 1 spiro atoms. The lowest BCUT2D eigenvalue weighted by molar-refractivity contribution is 0.794. The first-order valence-electron chi connectivity index (χ1n) is 15.8. The summed E-state index contributed by atoms with van der Waals surface area (Å²) in [6.45, 7) is 7.61. The summed E-state index contributed by atoms with van der Waals surface area (Å²) in [5, 5.41) is 3.30. The van der Waals surface area contributed by atoms with Crippen LogP contribution in [0.3, 0.4) is 0 Å². The fourth-order valence-corrected chi connectivity index (χ4v) is 8.29. The molecule has 6 aromatic carbocycles. The minimum absolute atomic E-state index is 0.489. The van der Waals surface area contributed by atoms with Crippen molar-refractivity contribution in [2.75, 3.05) is 0 Å². The maximum atomic E-state index is 7.61. The first-order valence-corrected chi connectivity index (χ1v) is 15.8. The van der Waals surface area contributed by atoms with Crippen LogP contribution in [0.15, 0.2) is 152 Å². The van der Waals surface area contributed by atoms with Crippen molar-refractivity contribution in [3.63, 3.8) is 0 Å². The molecule has 10 rings (SSSR count). The van der Waals surface area contributed by atoms with Crippen molar-refractivity contribution in [2.45, 2.75) is 5.41 Å². The monoisotopic (exact) mass is 595 g/mol. The molecule has 0 N–H and O–H groups in total. The third kappa shape index (κ3) is 3.44. The van der Waals surface area contributed by atoms with Crippen LogP contribution in [-0.4, -0.2) is 9.97 Å². The van der Waals surface area contributed by atoms with E-state index >= 15 is 0 Å². The predicted molar refractivity (Wildman–Crippen MR) is 190 cm³/mol. The van der Waals surface area contributed by atoms with Gasteiger partial charge in [-0.2, -0.15) is 0 Å². The lowest BCUT2D eigenvalue weighted by Crippen LogP contribution is -2.26. The van der Waals surface area contributed by atoms with Crippen molar-refractivity contribution in [2.24, 2.45) is 0 Å². The molecule has 0 saturated carbocycles. The Morgan fingerprint density at radius 1 is 0.489 bits per heavy atom. The predicted octanol–water partition coefficient (Wildman–Crippen LogP) is 11.0. The van der Waals surface area contributed by atoms with Crippen molar-refractivity contribution in [1.29, 1.82) is 0 Å². The molecule has 0 fully saturated rings. The lowest BCUT2D eigenvalue weighted by atomic mass is 9.70. The molecule has 0 amide bonds. The van der Waals surface area contributed by atoms with E-state index in [1.165, 1.54) is 55.6 Å². The van der Waals surface area contributed by atoms with E-state index in [1.807, 2.05) is 42.9 Å². The molecule has 0 radical (unpaired) electrons. The highest BCUT2D eigenvalue weighted by molar-refractivity contribution is 6.12. The molecule has 0 unspecified atom stereocenters. The Kier molecular flexibility index (Phi) is 5.27. The van der Waals surface area contributed by atoms with Crippen LogP contribution >= 0.6 is 0 Å². The molecule has 216 valence electrons. The molecule has 0 atom stereocenters. The van der Waals surface area contributed by atoms with Gasteiger partial charge in [0.25, 0.3) is 0 Å². The third-order valence-corrected chi connectivity index (χ3v) is 10.2. The summed E-state index contributed by atoms with van der Waals surface area (Å²) >= 11 is 0. The number of nitrogens with zero attached hydrogens (tertiary/aromatic N) is 3. The van der Waals surface area contributed by atoms with E-state index in [4.69, 9.17) is 11.6 Å². The number of hydrogen-bond acceptors (Lipinski definition) is 2. The zero-order valence-electron chi connectivity index (χ0n) is 25.3. The first-order chi connectivity index (χ1) is 23.3. The van der Waals surface area contributed by atoms with E-state index in [9.17, 15) is 0 Å². The van der Waals surface area contributed by atoms with E-state index in [2.05, 4.69) is 119 Å². The summed E-state index contributed by atoms with van der Waals surface area (Å²) in [5.74, 6) is 0. The van der Waals surface area contributed by atoms with E-state index in [0.717, 1.165) is 32.8 Å². The van der Waals surface area contributed by atoms with Gasteiger partial charge in [0.1, 0.15) is 0 Å². The van der Waals surface area contributed by atoms with E-state index in [-0.39, 0.29) is 0 Å². The molecule has 2 aliphatic carbocycles. The molecule has 3 heteroatoms. The van der Waals surface area contributed by atoms with Crippen molar-refractivity contribution < 1.29 is 0 Å². The number of pyridine rings is 2. The number of hydrogen-bond donors (Lipinski definition) is 0. The van der Waals surface area contributed by atoms with Crippen LogP contribution in [0.25, 0.3) is 71.0 Å². The number of aromatic nitrogens is 2. The number of fused-ring (bicyclic) bond motifs is 13. The fourth-order valence-electron chi connectivity index (χ4n) is 8.29. The number of rotatable bonds is 2. The van der Waals surface area contributed by atoms with Gasteiger partial charge in [-0.15, -0.1) is 0 Å². The van der Waals surface area contributed by atoms with Gasteiger partial charge in [-0.1, -0.05) is 97.1 Å². The average Bonchev–Trinajstić information content (AvgIpc) is 3.61. The molecule has 8 aromatic rings. The Labute approximate surface area is 272 Å². The van der Waals surface area contributed by atoms with Gasteiger partial charge >= 0.3 is 0 Å². The van der Waals surface area contributed by atoms with Crippen molar-refractivity contribution >= 4 is 27.4 Å². The van der Waals surface area contributed by atoms with Crippen LogP contribution in [0.1, 0.15) is 22.3 Å². The Morgan fingerprint density at radius 3 is 1.94 bits per heavy atom. The molecule has 0 aliphatic heterocycles. The van der Waals surface area contributed by atoms with Crippen LogP contribution in [0.5, 0.6) is 0 Å². The van der Waals surface area contributed by atoms with Crippen LogP contribution in [0.4, 0.5) is 5.69 Å². The molecular formula is C44H25N3. The van der Waals surface area contributed by atoms with Crippen LogP contribution in [0, 0.1) is 6.57 Å². The summed E-state index contributed by atoms with van der Waals surface area (Å²) in [5.41, 5.74) is 15.9. The highest BCUT2D eigenvalue weighted by Gasteiger charge is 2.51. The molecule has 0 saturated heterocycles. The molecule has 3 nitrogen and oxygen atoms in total. The SMILES string of the molecule is [C-]#[N+]c1cccc(-c2ccc3c(c2)C2(c4ccccc4-c4ccccc42)c2cc(-c4cc5cccnc5c5cnccc45)ccc2-3)c1. The smallest absolute Gasteiger partial charge is 0.187 e. The quantitative estimate of drug-likeness (QED) is 0.147. The average molecular weight is 596 g/mol. The van der Waals surface area contributed by atoms with Gasteiger partial charge in [0.15, 0.2) is 5.69 Å². The molecule has 0 bridgehead atoms. The lowest BCUT2D eigenvalue weighted by Gasteiger charge is -2.31. The molecule has 47 heavy (non-hydrogen) atoms. The zero-order chi connectivity index (χ0) is 31.1. The Balaban J connectivity index is 1.30.